The number of imidazole rings is 1. The fourth-order valence-electron chi connectivity index (χ4n) is 2.85. The molecule has 23 heavy (non-hydrogen) atoms. The number of aromatic nitrogens is 2. The van der Waals surface area contributed by atoms with Gasteiger partial charge in [-0.3, -0.25) is 4.79 Å². The number of aryl methyl sites for hydroxylation is 1. The topological polar surface area (TPSA) is 62.6 Å². The van der Waals surface area contributed by atoms with Crippen LogP contribution in [0, 0.1) is 0 Å². The molecule has 1 aromatic heterocycles. The predicted octanol–water partition coefficient (Wildman–Crippen LogP) is 2.94. The van der Waals surface area contributed by atoms with Crippen molar-refractivity contribution < 1.29 is 19.0 Å². The molecule has 0 bridgehead atoms. The first-order chi connectivity index (χ1) is 11.0. The first kappa shape index (κ1) is 18.1. The van der Waals surface area contributed by atoms with Gasteiger partial charge in [0.2, 0.25) is 0 Å². The lowest BCUT2D eigenvalue weighted by Crippen LogP contribution is -2.29. The molecular weight excluding hydrogens is 296 g/mol. The van der Waals surface area contributed by atoms with Gasteiger partial charge in [-0.05, 0) is 32.6 Å². The van der Waals surface area contributed by atoms with Gasteiger partial charge in [-0.15, -0.1) is 0 Å². The Morgan fingerprint density at radius 3 is 2.74 bits per heavy atom. The average molecular weight is 324 g/mol. The zero-order chi connectivity index (χ0) is 16.9. The second-order valence-corrected chi connectivity index (χ2v) is 5.91. The summed E-state index contributed by atoms with van der Waals surface area (Å²) >= 11 is 0. The van der Waals surface area contributed by atoms with E-state index in [0.717, 1.165) is 31.4 Å². The molecule has 2 heterocycles. The molecule has 1 aromatic rings. The first-order valence-electron chi connectivity index (χ1n) is 8.50. The van der Waals surface area contributed by atoms with Crippen molar-refractivity contribution in [3.05, 3.63) is 17.7 Å². The first-order valence-corrected chi connectivity index (χ1v) is 8.50. The van der Waals surface area contributed by atoms with Gasteiger partial charge in [0.25, 0.3) is 0 Å². The minimum Gasteiger partial charge on any atom is -0.361 e. The summed E-state index contributed by atoms with van der Waals surface area (Å²) in [6.07, 6.45) is 5.30. The van der Waals surface area contributed by atoms with Crippen LogP contribution in [-0.4, -0.2) is 40.4 Å². The van der Waals surface area contributed by atoms with E-state index in [4.69, 9.17) is 14.2 Å². The average Bonchev–Trinajstić information content (AvgIpc) is 3.15. The van der Waals surface area contributed by atoms with Crippen LogP contribution < -0.4 is 0 Å². The highest BCUT2D eigenvalue weighted by atomic mass is 16.7. The van der Waals surface area contributed by atoms with Gasteiger partial charge in [-0.1, -0.05) is 13.8 Å². The summed E-state index contributed by atoms with van der Waals surface area (Å²) < 4.78 is 19.1. The van der Waals surface area contributed by atoms with Gasteiger partial charge in [0.15, 0.2) is 17.4 Å². The maximum Gasteiger partial charge on any atom is 0.195 e. The number of ketones is 1. The smallest absolute Gasteiger partial charge is 0.195 e. The van der Waals surface area contributed by atoms with Crippen molar-refractivity contribution in [3.63, 3.8) is 0 Å². The van der Waals surface area contributed by atoms with Crippen molar-refractivity contribution in [1.29, 1.82) is 0 Å². The van der Waals surface area contributed by atoms with E-state index in [2.05, 4.69) is 18.8 Å². The van der Waals surface area contributed by atoms with Crippen molar-refractivity contribution in [1.82, 2.24) is 9.55 Å². The maximum absolute atomic E-state index is 11.7. The van der Waals surface area contributed by atoms with Crippen LogP contribution in [0.25, 0.3) is 0 Å². The molecule has 0 amide bonds. The molecule has 0 N–H and O–H groups in total. The van der Waals surface area contributed by atoms with Crippen molar-refractivity contribution in [2.24, 2.45) is 0 Å². The van der Waals surface area contributed by atoms with Crippen LogP contribution in [0.1, 0.15) is 63.3 Å². The molecule has 1 aliphatic heterocycles. The van der Waals surface area contributed by atoms with Crippen molar-refractivity contribution in [3.8, 4) is 0 Å². The van der Waals surface area contributed by atoms with Crippen LogP contribution in [0.2, 0.25) is 0 Å². The molecule has 0 saturated carbocycles. The predicted molar refractivity (Wildman–Crippen MR) is 86.3 cm³/mol. The molecule has 1 fully saturated rings. The Hall–Kier alpha value is -1.24. The van der Waals surface area contributed by atoms with Crippen molar-refractivity contribution in [2.75, 3.05) is 13.2 Å². The van der Waals surface area contributed by atoms with E-state index < -0.39 is 5.79 Å². The second kappa shape index (κ2) is 8.04. The lowest BCUT2D eigenvalue weighted by Gasteiger charge is -2.24. The quantitative estimate of drug-likeness (QED) is 0.654. The van der Waals surface area contributed by atoms with Gasteiger partial charge < -0.3 is 18.8 Å². The molecule has 1 atom stereocenters. The molecule has 130 valence electrons. The third-order valence-corrected chi connectivity index (χ3v) is 4.29. The zero-order valence-electron chi connectivity index (χ0n) is 14.6. The molecule has 1 saturated heterocycles. The third-order valence-electron chi connectivity index (χ3n) is 4.29. The number of rotatable bonds is 9. The van der Waals surface area contributed by atoms with Gasteiger partial charge in [-0.25, -0.2) is 4.98 Å². The van der Waals surface area contributed by atoms with Crippen LogP contribution in [0.15, 0.2) is 6.20 Å². The van der Waals surface area contributed by atoms with Crippen LogP contribution in [0.5, 0.6) is 0 Å². The van der Waals surface area contributed by atoms with E-state index in [1.165, 1.54) is 6.92 Å². The Morgan fingerprint density at radius 1 is 1.43 bits per heavy atom. The molecule has 0 unspecified atom stereocenters. The van der Waals surface area contributed by atoms with Crippen molar-refractivity contribution >= 4 is 5.78 Å². The molecule has 0 aromatic carbocycles. The summed E-state index contributed by atoms with van der Waals surface area (Å²) in [5, 5.41) is 0. The Labute approximate surface area is 138 Å². The van der Waals surface area contributed by atoms with E-state index in [-0.39, 0.29) is 11.9 Å². The monoisotopic (exact) mass is 324 g/mol. The van der Waals surface area contributed by atoms with Crippen molar-refractivity contribution in [2.45, 2.75) is 72.0 Å². The highest BCUT2D eigenvalue weighted by molar-refractivity contribution is 5.90. The molecule has 0 radical (unpaired) electrons. The highest BCUT2D eigenvalue weighted by Crippen LogP contribution is 2.31. The Morgan fingerprint density at radius 2 is 2.17 bits per heavy atom. The van der Waals surface area contributed by atoms with E-state index in [0.29, 0.717) is 25.8 Å². The molecular formula is C17H28N2O4. The van der Waals surface area contributed by atoms with Crippen LogP contribution in [0.4, 0.5) is 0 Å². The Balaban J connectivity index is 1.94. The summed E-state index contributed by atoms with van der Waals surface area (Å²) in [4.78, 5) is 16.1. The summed E-state index contributed by atoms with van der Waals surface area (Å²) in [6.45, 7) is 9.21. The lowest BCUT2D eigenvalue weighted by molar-refractivity contribution is -0.172. The summed E-state index contributed by atoms with van der Waals surface area (Å²) in [5.41, 5.74) is 0.893. The number of nitrogens with zero attached hydrogens (tertiary/aromatic N) is 2. The normalized spacial score (nSPS) is 20.1. The van der Waals surface area contributed by atoms with Crippen LogP contribution in [0.3, 0.4) is 0 Å². The van der Waals surface area contributed by atoms with Gasteiger partial charge in [0.05, 0.1) is 18.4 Å². The number of carbonyl (C=O) groups is 1. The number of ether oxygens (including phenoxy) is 3. The fourth-order valence-corrected chi connectivity index (χ4v) is 2.85. The van der Waals surface area contributed by atoms with Crippen LogP contribution >= 0.6 is 0 Å². The van der Waals surface area contributed by atoms with Gasteiger partial charge in [0, 0.05) is 19.7 Å². The van der Waals surface area contributed by atoms with Gasteiger partial charge in [0.1, 0.15) is 6.73 Å². The van der Waals surface area contributed by atoms with E-state index in [9.17, 15) is 4.79 Å². The standard InChI is InChI=1S/C17H28N2O4/c1-5-17(6-2)22-11-15(23-17)9-8-14-10-19(12-21-7-3)16(18-14)13(4)20/h10,15H,5-9,11-12H2,1-4H3/t15-/m0/s1. The molecule has 2 rings (SSSR count). The van der Waals surface area contributed by atoms with Gasteiger partial charge in [-0.2, -0.15) is 0 Å². The molecule has 6 nitrogen and oxygen atoms in total. The largest absolute Gasteiger partial charge is 0.361 e. The number of hydrogen-bond acceptors (Lipinski definition) is 5. The molecule has 0 aliphatic carbocycles. The summed E-state index contributed by atoms with van der Waals surface area (Å²) in [7, 11) is 0. The maximum atomic E-state index is 11.7. The van der Waals surface area contributed by atoms with Gasteiger partial charge >= 0.3 is 0 Å². The fraction of sp³-hybridized carbons (Fsp3) is 0.765. The summed E-state index contributed by atoms with van der Waals surface area (Å²) in [6, 6.07) is 0. The second-order valence-electron chi connectivity index (χ2n) is 5.91. The Bertz CT molecular complexity index is 523. The molecule has 1 aliphatic rings. The summed E-state index contributed by atoms with van der Waals surface area (Å²) in [5.74, 6) is -0.00956. The lowest BCUT2D eigenvalue weighted by atomic mass is 10.1. The number of carbonyl (C=O) groups excluding carboxylic acids is 1. The number of hydrogen-bond donors (Lipinski definition) is 0. The minimum atomic E-state index is -0.413. The molecule has 6 heteroatoms. The Kier molecular flexibility index (Phi) is 6.33. The third kappa shape index (κ3) is 4.40. The van der Waals surface area contributed by atoms with Crippen LogP contribution in [-0.2, 0) is 27.4 Å². The highest BCUT2D eigenvalue weighted by Gasteiger charge is 2.38. The minimum absolute atomic E-state index is 0.0487. The van der Waals surface area contributed by atoms with E-state index >= 15 is 0 Å². The molecule has 0 spiro atoms. The zero-order valence-corrected chi connectivity index (χ0v) is 14.6. The SMILES string of the molecule is CCOCn1cc(CC[C@H]2COC(CC)(CC)O2)nc1C(C)=O. The van der Waals surface area contributed by atoms with E-state index in [1.54, 1.807) is 4.57 Å². The number of Topliss-reactive ketones (excluding diaryl/α,β-unsaturated/α-hetero) is 1. The van der Waals surface area contributed by atoms with E-state index in [1.807, 2.05) is 13.1 Å².